The normalized spacial score (nSPS) is 10.6. The van der Waals surface area contributed by atoms with Crippen molar-refractivity contribution in [3.63, 3.8) is 0 Å². The molecule has 10 aromatic carbocycles. The third kappa shape index (κ3) is 10.4. The number of rotatable bonds is 12. The number of ether oxygens (including phenoxy) is 1. The molecule has 0 heterocycles. The lowest BCUT2D eigenvalue weighted by atomic mass is 10.0. The Morgan fingerprint density at radius 3 is 0.812 bits per heavy atom. The number of hydrogen-bond donors (Lipinski definition) is 1. The number of esters is 1. The fraction of sp³-hybridized carbons (Fsp3) is 0.0159. The maximum Gasteiger partial charge on any atom is 0.339 e. The van der Waals surface area contributed by atoms with E-state index in [9.17, 15) is 14.7 Å². The Balaban J connectivity index is 0.000000172. The van der Waals surface area contributed by atoms with Crippen molar-refractivity contribution in [3.8, 4) is 44.5 Å². The Hall–Kier alpha value is -9.26. The second kappa shape index (κ2) is 21.4. The fourth-order valence-electron chi connectivity index (χ4n) is 8.39. The van der Waals surface area contributed by atoms with Gasteiger partial charge in [-0.25, -0.2) is 9.59 Å². The number of hydrogen-bond acceptors (Lipinski definition) is 5. The second-order valence-corrected chi connectivity index (χ2v) is 16.2. The Morgan fingerprint density at radius 1 is 0.304 bits per heavy atom. The molecule has 0 radical (unpaired) electrons. The van der Waals surface area contributed by atoms with E-state index in [4.69, 9.17) is 4.74 Å². The molecule has 0 aliphatic carbocycles. The van der Waals surface area contributed by atoms with E-state index < -0.39 is 5.97 Å². The van der Waals surface area contributed by atoms with Crippen LogP contribution in [0.3, 0.4) is 0 Å². The molecule has 0 aromatic heterocycles. The highest BCUT2D eigenvalue weighted by Gasteiger charge is 2.22. The van der Waals surface area contributed by atoms with Crippen molar-refractivity contribution in [2.45, 2.75) is 0 Å². The van der Waals surface area contributed by atoms with Crippen LogP contribution in [0, 0.1) is 0 Å². The monoisotopic (exact) mass is 896 g/mol. The molecule has 0 aliphatic heterocycles. The highest BCUT2D eigenvalue weighted by Crippen LogP contribution is 2.40. The van der Waals surface area contributed by atoms with Gasteiger partial charge in [0.2, 0.25) is 0 Å². The average molecular weight is 897 g/mol. The zero-order chi connectivity index (χ0) is 47.4. The van der Waals surface area contributed by atoms with Crippen molar-refractivity contribution in [2.75, 3.05) is 16.9 Å². The van der Waals surface area contributed by atoms with Crippen LogP contribution in [0.1, 0.15) is 20.7 Å². The molecule has 0 saturated heterocycles. The number of para-hydroxylation sites is 2. The molecule has 10 aromatic rings. The molecule has 69 heavy (non-hydrogen) atoms. The Labute approximate surface area is 403 Å². The molecule has 0 unspecified atom stereocenters. The van der Waals surface area contributed by atoms with Crippen LogP contribution in [-0.4, -0.2) is 24.2 Å². The van der Waals surface area contributed by atoms with Gasteiger partial charge in [0.15, 0.2) is 0 Å². The minimum Gasteiger partial charge on any atom is -0.478 e. The summed E-state index contributed by atoms with van der Waals surface area (Å²) >= 11 is 0. The van der Waals surface area contributed by atoms with Gasteiger partial charge in [-0.15, -0.1) is 0 Å². The summed E-state index contributed by atoms with van der Waals surface area (Å²) in [5.74, 6) is -1.32. The molecule has 0 saturated carbocycles. The van der Waals surface area contributed by atoms with Crippen molar-refractivity contribution < 1.29 is 19.4 Å². The van der Waals surface area contributed by atoms with Gasteiger partial charge in [-0.3, -0.25) is 0 Å². The lowest BCUT2D eigenvalue weighted by Gasteiger charge is -2.27. The molecule has 10 rings (SSSR count). The minimum atomic E-state index is -0.956. The maximum atomic E-state index is 12.6. The van der Waals surface area contributed by atoms with E-state index in [1.807, 2.05) is 132 Å². The summed E-state index contributed by atoms with van der Waals surface area (Å²) < 4.78 is 5.09. The van der Waals surface area contributed by atoms with Gasteiger partial charge in [0.05, 0.1) is 29.6 Å². The number of carboxylic acid groups (broad SMARTS) is 1. The molecule has 0 amide bonds. The second-order valence-electron chi connectivity index (χ2n) is 16.2. The van der Waals surface area contributed by atoms with E-state index in [2.05, 4.69) is 126 Å². The SMILES string of the molecule is COC(=O)c1ccccc1N(c1ccc(-c2ccccc2)cc1)c1ccc(-c2ccccc2)cc1.O=C(O)c1ccccc1N(c1ccc(-c2ccccc2)cc1)c1ccc(-c2ccccc2)cc1. The van der Waals surface area contributed by atoms with Gasteiger partial charge in [-0.1, -0.05) is 194 Å². The summed E-state index contributed by atoms with van der Waals surface area (Å²) in [5.41, 5.74) is 14.9. The highest BCUT2D eigenvalue weighted by molar-refractivity contribution is 5.99. The molecule has 0 bridgehead atoms. The molecule has 0 fully saturated rings. The number of aromatic carboxylic acids is 1. The van der Waals surface area contributed by atoms with Crippen molar-refractivity contribution >= 4 is 46.1 Å². The van der Waals surface area contributed by atoms with Crippen LogP contribution in [0.15, 0.2) is 267 Å². The van der Waals surface area contributed by atoms with Crippen molar-refractivity contribution in [2.24, 2.45) is 0 Å². The van der Waals surface area contributed by atoms with Gasteiger partial charge in [0, 0.05) is 22.7 Å². The van der Waals surface area contributed by atoms with Crippen LogP contribution in [0.5, 0.6) is 0 Å². The third-order valence-corrected chi connectivity index (χ3v) is 11.9. The Morgan fingerprint density at radius 2 is 0.536 bits per heavy atom. The number of benzene rings is 10. The minimum absolute atomic E-state index is 0.252. The van der Waals surface area contributed by atoms with Gasteiger partial charge >= 0.3 is 11.9 Å². The van der Waals surface area contributed by atoms with Crippen LogP contribution in [0.4, 0.5) is 34.1 Å². The van der Waals surface area contributed by atoms with Crippen molar-refractivity contribution in [1.29, 1.82) is 0 Å². The van der Waals surface area contributed by atoms with E-state index in [-0.39, 0.29) is 11.5 Å². The smallest absolute Gasteiger partial charge is 0.339 e. The van der Waals surface area contributed by atoms with E-state index in [1.54, 1.807) is 18.2 Å². The molecule has 0 aliphatic rings. The van der Waals surface area contributed by atoms with E-state index >= 15 is 0 Å². The molecule has 6 nitrogen and oxygen atoms in total. The summed E-state index contributed by atoms with van der Waals surface area (Å²) in [6.07, 6.45) is 0. The molecule has 0 spiro atoms. The number of methoxy groups -OCH3 is 1. The Bertz CT molecular complexity index is 3090. The largest absolute Gasteiger partial charge is 0.478 e. The first-order chi connectivity index (χ1) is 33.9. The van der Waals surface area contributed by atoms with Gasteiger partial charge in [0.1, 0.15) is 0 Å². The van der Waals surface area contributed by atoms with Crippen molar-refractivity contribution in [1.82, 2.24) is 0 Å². The van der Waals surface area contributed by atoms with E-state index in [1.165, 1.54) is 7.11 Å². The Kier molecular flexibility index (Phi) is 13.9. The van der Waals surface area contributed by atoms with Crippen LogP contribution in [0.25, 0.3) is 44.5 Å². The van der Waals surface area contributed by atoms with Gasteiger partial charge in [-0.05, 0) is 117 Å². The first kappa shape index (κ1) is 44.9. The first-order valence-electron chi connectivity index (χ1n) is 22.7. The van der Waals surface area contributed by atoms with Crippen LogP contribution in [-0.2, 0) is 4.74 Å². The van der Waals surface area contributed by atoms with Gasteiger partial charge in [-0.2, -0.15) is 0 Å². The van der Waals surface area contributed by atoms with E-state index in [0.29, 0.717) is 11.3 Å². The summed E-state index contributed by atoms with van der Waals surface area (Å²) in [6.45, 7) is 0. The predicted molar refractivity (Wildman–Crippen MR) is 282 cm³/mol. The lowest BCUT2D eigenvalue weighted by molar-refractivity contribution is 0.0600. The maximum absolute atomic E-state index is 12.6. The molecule has 1 N–H and O–H groups in total. The van der Waals surface area contributed by atoms with Gasteiger partial charge in [0.25, 0.3) is 0 Å². The number of carbonyl (C=O) groups is 2. The highest BCUT2D eigenvalue weighted by atomic mass is 16.5. The molecule has 334 valence electrons. The average Bonchev–Trinajstić information content (AvgIpc) is 3.43. The molecule has 6 heteroatoms. The molecular weight excluding hydrogens is 849 g/mol. The summed E-state index contributed by atoms with van der Waals surface area (Å²) in [6, 6.07) is 88.8. The van der Waals surface area contributed by atoms with Gasteiger partial charge < -0.3 is 19.6 Å². The van der Waals surface area contributed by atoms with Crippen LogP contribution >= 0.6 is 0 Å². The first-order valence-corrected chi connectivity index (χ1v) is 22.7. The lowest BCUT2D eigenvalue weighted by Crippen LogP contribution is -2.15. The number of carbonyl (C=O) groups excluding carboxylic acids is 1. The fourth-order valence-corrected chi connectivity index (χ4v) is 8.39. The summed E-state index contributed by atoms with van der Waals surface area (Å²) in [5, 5.41) is 9.87. The third-order valence-electron chi connectivity index (χ3n) is 11.9. The summed E-state index contributed by atoms with van der Waals surface area (Å²) in [7, 11) is 1.41. The predicted octanol–water partition coefficient (Wildman–Crippen LogP) is 16.5. The number of anilines is 6. The molecular formula is C63H48N2O4. The zero-order valence-corrected chi connectivity index (χ0v) is 38.0. The standard InChI is InChI=1S/C32H25NO2.C31H23NO2/c1-35-32(34)30-14-8-9-15-31(30)33(28-20-16-26(17-21-28)24-10-4-2-5-11-24)29-22-18-27(19-23-29)25-12-6-3-7-13-25;33-31(34)29-13-7-8-14-30(29)32(27-19-15-25(16-20-27)23-9-3-1-4-10-23)28-21-17-26(18-22-28)24-11-5-2-6-12-24/h2-23H,1H3;1-22H,(H,33,34). The van der Waals surface area contributed by atoms with Crippen LogP contribution < -0.4 is 9.80 Å². The van der Waals surface area contributed by atoms with Crippen LogP contribution in [0.2, 0.25) is 0 Å². The van der Waals surface area contributed by atoms with E-state index in [0.717, 1.165) is 72.9 Å². The van der Waals surface area contributed by atoms with Crippen molar-refractivity contribution in [3.05, 3.63) is 278 Å². The topological polar surface area (TPSA) is 70.1 Å². The molecule has 0 atom stereocenters. The zero-order valence-electron chi connectivity index (χ0n) is 38.0. The quantitative estimate of drug-likeness (QED) is 0.123. The number of nitrogens with zero attached hydrogens (tertiary/aromatic N) is 2. The summed E-state index contributed by atoms with van der Waals surface area (Å²) in [4.78, 5) is 28.8. The number of carboxylic acids is 1.